The molecule has 1 atom stereocenters. The Morgan fingerprint density at radius 2 is 2.16 bits per heavy atom. The van der Waals surface area contributed by atoms with E-state index in [1.807, 2.05) is 13.8 Å². The number of anilines is 1. The SMILES string of the molecule is CCCOc1cc(NC(CC)CO)cc([N+](=O)[O-])c1. The van der Waals surface area contributed by atoms with E-state index in [1.54, 1.807) is 6.07 Å². The van der Waals surface area contributed by atoms with Crippen LogP contribution in [0.15, 0.2) is 18.2 Å². The van der Waals surface area contributed by atoms with Crippen molar-refractivity contribution in [2.45, 2.75) is 32.7 Å². The molecule has 0 saturated heterocycles. The molecule has 0 aliphatic rings. The minimum atomic E-state index is -0.454. The van der Waals surface area contributed by atoms with Crippen molar-refractivity contribution in [1.29, 1.82) is 0 Å². The quantitative estimate of drug-likeness (QED) is 0.559. The van der Waals surface area contributed by atoms with E-state index >= 15 is 0 Å². The summed E-state index contributed by atoms with van der Waals surface area (Å²) in [7, 11) is 0. The van der Waals surface area contributed by atoms with Crippen molar-refractivity contribution in [1.82, 2.24) is 0 Å². The second kappa shape index (κ2) is 7.58. The first-order chi connectivity index (χ1) is 9.10. The van der Waals surface area contributed by atoms with Crippen molar-refractivity contribution in [2.75, 3.05) is 18.5 Å². The summed E-state index contributed by atoms with van der Waals surface area (Å²) in [5, 5.41) is 23.1. The summed E-state index contributed by atoms with van der Waals surface area (Å²) >= 11 is 0. The first kappa shape index (κ1) is 15.2. The molecule has 0 spiro atoms. The summed E-state index contributed by atoms with van der Waals surface area (Å²) in [5.74, 6) is 0.464. The van der Waals surface area contributed by atoms with E-state index in [0.29, 0.717) is 18.0 Å². The van der Waals surface area contributed by atoms with Crippen LogP contribution in [0.5, 0.6) is 5.75 Å². The molecule has 0 amide bonds. The van der Waals surface area contributed by atoms with E-state index in [1.165, 1.54) is 12.1 Å². The van der Waals surface area contributed by atoms with E-state index in [2.05, 4.69) is 5.32 Å². The number of non-ortho nitro benzene ring substituents is 1. The molecule has 6 nitrogen and oxygen atoms in total. The van der Waals surface area contributed by atoms with Crippen molar-refractivity contribution in [3.8, 4) is 5.75 Å². The lowest BCUT2D eigenvalue weighted by Gasteiger charge is -2.16. The van der Waals surface area contributed by atoms with Crippen LogP contribution in [0.25, 0.3) is 0 Å². The van der Waals surface area contributed by atoms with Crippen LogP contribution in [0.3, 0.4) is 0 Å². The van der Waals surface area contributed by atoms with E-state index in [4.69, 9.17) is 9.84 Å². The molecule has 1 rings (SSSR count). The summed E-state index contributed by atoms with van der Waals surface area (Å²) in [6.45, 7) is 4.39. The van der Waals surface area contributed by atoms with Gasteiger partial charge in [0, 0.05) is 23.9 Å². The number of rotatable bonds is 8. The van der Waals surface area contributed by atoms with Gasteiger partial charge in [-0.25, -0.2) is 0 Å². The zero-order chi connectivity index (χ0) is 14.3. The van der Waals surface area contributed by atoms with Gasteiger partial charge in [-0.2, -0.15) is 0 Å². The molecule has 1 aromatic carbocycles. The minimum Gasteiger partial charge on any atom is -0.493 e. The monoisotopic (exact) mass is 268 g/mol. The molecule has 0 saturated carbocycles. The fourth-order valence-corrected chi connectivity index (χ4v) is 1.59. The second-order valence-electron chi connectivity index (χ2n) is 4.25. The largest absolute Gasteiger partial charge is 0.493 e. The Labute approximate surface area is 112 Å². The summed E-state index contributed by atoms with van der Waals surface area (Å²) in [6, 6.07) is 4.43. The summed E-state index contributed by atoms with van der Waals surface area (Å²) in [5.41, 5.74) is 0.560. The smallest absolute Gasteiger partial charge is 0.275 e. The third-order valence-electron chi connectivity index (χ3n) is 2.66. The minimum absolute atomic E-state index is 0.0235. The molecule has 1 aromatic rings. The molecule has 106 valence electrons. The van der Waals surface area contributed by atoms with Crippen molar-refractivity contribution in [3.05, 3.63) is 28.3 Å². The van der Waals surface area contributed by atoms with Gasteiger partial charge in [0.15, 0.2) is 0 Å². The number of hydrogen-bond donors (Lipinski definition) is 2. The van der Waals surface area contributed by atoms with Gasteiger partial charge in [0.25, 0.3) is 5.69 Å². The zero-order valence-electron chi connectivity index (χ0n) is 11.3. The number of ether oxygens (including phenoxy) is 1. The predicted molar refractivity (Wildman–Crippen MR) is 73.7 cm³/mol. The third kappa shape index (κ3) is 4.75. The van der Waals surface area contributed by atoms with Crippen LogP contribution in [0.1, 0.15) is 26.7 Å². The molecule has 0 aromatic heterocycles. The van der Waals surface area contributed by atoms with Crippen LogP contribution in [-0.4, -0.2) is 29.3 Å². The Balaban J connectivity index is 2.95. The van der Waals surface area contributed by atoms with Gasteiger partial charge in [-0.15, -0.1) is 0 Å². The Bertz CT molecular complexity index is 419. The fraction of sp³-hybridized carbons (Fsp3) is 0.538. The average Bonchev–Trinajstić information content (AvgIpc) is 2.42. The van der Waals surface area contributed by atoms with E-state index in [0.717, 1.165) is 12.8 Å². The van der Waals surface area contributed by atoms with Gasteiger partial charge in [0.05, 0.1) is 24.2 Å². The van der Waals surface area contributed by atoms with Gasteiger partial charge in [-0.3, -0.25) is 10.1 Å². The number of nitrogens with one attached hydrogen (secondary N) is 1. The lowest BCUT2D eigenvalue weighted by atomic mass is 10.2. The number of aliphatic hydroxyl groups is 1. The van der Waals surface area contributed by atoms with Crippen LogP contribution in [0, 0.1) is 10.1 Å². The maximum absolute atomic E-state index is 10.9. The first-order valence-electron chi connectivity index (χ1n) is 6.40. The molecule has 19 heavy (non-hydrogen) atoms. The standard InChI is InChI=1S/C13H20N2O4/c1-3-5-19-13-7-11(14-10(4-2)9-16)6-12(8-13)15(17)18/h6-8,10,14,16H,3-5,9H2,1-2H3. The zero-order valence-corrected chi connectivity index (χ0v) is 11.3. The highest BCUT2D eigenvalue weighted by molar-refractivity contribution is 5.56. The highest BCUT2D eigenvalue weighted by Crippen LogP contribution is 2.26. The maximum Gasteiger partial charge on any atom is 0.275 e. The molecular weight excluding hydrogens is 248 g/mol. The number of aliphatic hydroxyl groups excluding tert-OH is 1. The molecule has 0 heterocycles. The molecule has 0 radical (unpaired) electrons. The van der Waals surface area contributed by atoms with Crippen molar-refractivity contribution >= 4 is 11.4 Å². The van der Waals surface area contributed by atoms with E-state index in [9.17, 15) is 10.1 Å². The van der Waals surface area contributed by atoms with Crippen LogP contribution < -0.4 is 10.1 Å². The van der Waals surface area contributed by atoms with Crippen LogP contribution in [-0.2, 0) is 0 Å². The van der Waals surface area contributed by atoms with Gasteiger partial charge in [0.1, 0.15) is 5.75 Å². The molecule has 0 aliphatic carbocycles. The van der Waals surface area contributed by atoms with Gasteiger partial charge in [-0.1, -0.05) is 13.8 Å². The Hall–Kier alpha value is -1.82. The number of hydrogen-bond acceptors (Lipinski definition) is 5. The van der Waals surface area contributed by atoms with Gasteiger partial charge in [-0.05, 0) is 12.8 Å². The van der Waals surface area contributed by atoms with Gasteiger partial charge >= 0.3 is 0 Å². The number of nitro groups is 1. The van der Waals surface area contributed by atoms with Gasteiger partial charge in [0.2, 0.25) is 0 Å². The summed E-state index contributed by atoms with van der Waals surface area (Å²) in [6.07, 6.45) is 1.56. The lowest BCUT2D eigenvalue weighted by Crippen LogP contribution is -2.22. The average molecular weight is 268 g/mol. The second-order valence-corrected chi connectivity index (χ2v) is 4.25. The van der Waals surface area contributed by atoms with E-state index in [-0.39, 0.29) is 18.3 Å². The Morgan fingerprint density at radius 1 is 1.42 bits per heavy atom. The summed E-state index contributed by atoms with van der Waals surface area (Å²) < 4.78 is 5.43. The van der Waals surface area contributed by atoms with Crippen molar-refractivity contribution in [3.63, 3.8) is 0 Å². The lowest BCUT2D eigenvalue weighted by molar-refractivity contribution is -0.384. The molecule has 0 bridgehead atoms. The Morgan fingerprint density at radius 3 is 2.68 bits per heavy atom. The molecule has 0 aliphatic heterocycles. The molecule has 6 heteroatoms. The molecule has 1 unspecified atom stereocenters. The highest BCUT2D eigenvalue weighted by Gasteiger charge is 2.12. The van der Waals surface area contributed by atoms with Crippen molar-refractivity contribution in [2.24, 2.45) is 0 Å². The molecule has 0 fully saturated rings. The molecule has 2 N–H and O–H groups in total. The van der Waals surface area contributed by atoms with Crippen LogP contribution in [0.4, 0.5) is 11.4 Å². The summed E-state index contributed by atoms with van der Waals surface area (Å²) in [4.78, 5) is 10.4. The maximum atomic E-state index is 10.9. The number of benzene rings is 1. The van der Waals surface area contributed by atoms with Crippen LogP contribution >= 0.6 is 0 Å². The predicted octanol–water partition coefficient (Wildman–Crippen LogP) is 2.57. The topological polar surface area (TPSA) is 84.6 Å². The normalized spacial score (nSPS) is 11.9. The highest BCUT2D eigenvalue weighted by atomic mass is 16.6. The van der Waals surface area contributed by atoms with Crippen molar-refractivity contribution < 1.29 is 14.8 Å². The number of nitro benzene ring substituents is 1. The fourth-order valence-electron chi connectivity index (χ4n) is 1.59. The third-order valence-corrected chi connectivity index (χ3v) is 2.66. The van der Waals surface area contributed by atoms with E-state index < -0.39 is 4.92 Å². The number of nitrogens with zero attached hydrogens (tertiary/aromatic N) is 1. The van der Waals surface area contributed by atoms with Crippen LogP contribution in [0.2, 0.25) is 0 Å². The first-order valence-corrected chi connectivity index (χ1v) is 6.40. The Kier molecular flexibility index (Phi) is 6.08. The van der Waals surface area contributed by atoms with Gasteiger partial charge < -0.3 is 15.2 Å². The molecular formula is C13H20N2O4.